The van der Waals surface area contributed by atoms with Crippen molar-refractivity contribution in [2.75, 3.05) is 6.54 Å². The average Bonchev–Trinajstić information content (AvgIpc) is 2.42. The lowest BCUT2D eigenvalue weighted by Gasteiger charge is -2.36. The quantitative estimate of drug-likeness (QED) is 0.836. The Balaban J connectivity index is 2.08. The Morgan fingerprint density at radius 3 is 2.85 bits per heavy atom. The van der Waals surface area contributed by atoms with E-state index in [2.05, 4.69) is 26.1 Å². The highest BCUT2D eigenvalue weighted by atomic mass is 19.1. The second-order valence-corrected chi connectivity index (χ2v) is 6.51. The number of aryl methyl sites for hydroxylation is 1. The zero-order valence-corrected chi connectivity index (χ0v) is 13.1. The second kappa shape index (κ2) is 7.21. The summed E-state index contributed by atoms with van der Waals surface area (Å²) in [6, 6.07) is 5.81. The molecule has 3 unspecified atom stereocenters. The van der Waals surface area contributed by atoms with Crippen LogP contribution >= 0.6 is 0 Å². The minimum Gasteiger partial charge on any atom is -0.314 e. The Morgan fingerprint density at radius 1 is 1.30 bits per heavy atom. The van der Waals surface area contributed by atoms with Crippen molar-refractivity contribution >= 4 is 0 Å². The molecule has 1 aromatic rings. The van der Waals surface area contributed by atoms with Gasteiger partial charge in [0.25, 0.3) is 0 Å². The van der Waals surface area contributed by atoms with Crippen LogP contribution < -0.4 is 5.32 Å². The van der Waals surface area contributed by atoms with Gasteiger partial charge < -0.3 is 5.32 Å². The molecule has 1 aliphatic rings. The third-order valence-electron chi connectivity index (χ3n) is 4.69. The lowest BCUT2D eigenvalue weighted by atomic mass is 9.75. The number of nitrogens with one attached hydrogen (secondary N) is 1. The molecule has 0 spiro atoms. The second-order valence-electron chi connectivity index (χ2n) is 6.51. The molecule has 112 valence electrons. The summed E-state index contributed by atoms with van der Waals surface area (Å²) in [6.45, 7) is 7.75. The summed E-state index contributed by atoms with van der Waals surface area (Å²) in [5.74, 6) is 1.34. The van der Waals surface area contributed by atoms with E-state index >= 15 is 0 Å². The lowest BCUT2D eigenvalue weighted by Crippen LogP contribution is -2.41. The van der Waals surface area contributed by atoms with Crippen LogP contribution in [0.25, 0.3) is 0 Å². The molecule has 0 aromatic heterocycles. The Hall–Kier alpha value is -0.890. The van der Waals surface area contributed by atoms with Crippen LogP contribution in [0.5, 0.6) is 0 Å². The van der Waals surface area contributed by atoms with Crippen LogP contribution in [0.1, 0.15) is 50.7 Å². The summed E-state index contributed by atoms with van der Waals surface area (Å²) < 4.78 is 13.5. The van der Waals surface area contributed by atoms with E-state index in [-0.39, 0.29) is 5.82 Å². The molecule has 0 radical (unpaired) electrons. The zero-order valence-electron chi connectivity index (χ0n) is 13.1. The fourth-order valence-electron chi connectivity index (χ4n) is 3.47. The molecule has 20 heavy (non-hydrogen) atoms. The van der Waals surface area contributed by atoms with Crippen LogP contribution in [0.15, 0.2) is 18.2 Å². The highest BCUT2D eigenvalue weighted by molar-refractivity contribution is 5.27. The minimum atomic E-state index is -0.104. The maximum absolute atomic E-state index is 13.5. The van der Waals surface area contributed by atoms with Crippen LogP contribution in [0, 0.1) is 24.6 Å². The first kappa shape index (κ1) is 15.5. The van der Waals surface area contributed by atoms with Gasteiger partial charge in [-0.3, -0.25) is 0 Å². The predicted molar refractivity (Wildman–Crippen MR) is 83.4 cm³/mol. The number of halogens is 1. The molecule has 0 bridgehead atoms. The van der Waals surface area contributed by atoms with Crippen LogP contribution in [-0.2, 0) is 6.42 Å². The molecular formula is C18H28FN. The monoisotopic (exact) mass is 277 g/mol. The molecule has 1 aliphatic carbocycles. The van der Waals surface area contributed by atoms with Crippen molar-refractivity contribution in [2.24, 2.45) is 11.8 Å². The summed E-state index contributed by atoms with van der Waals surface area (Å²) in [7, 11) is 0. The number of rotatable bonds is 5. The fraction of sp³-hybridized carbons (Fsp3) is 0.667. The van der Waals surface area contributed by atoms with Gasteiger partial charge in [0.2, 0.25) is 0 Å². The van der Waals surface area contributed by atoms with Gasteiger partial charge >= 0.3 is 0 Å². The number of hydrogen-bond acceptors (Lipinski definition) is 1. The molecule has 2 heteroatoms. The van der Waals surface area contributed by atoms with Gasteiger partial charge in [-0.25, -0.2) is 4.39 Å². The molecule has 1 N–H and O–H groups in total. The molecule has 1 aromatic carbocycles. The van der Waals surface area contributed by atoms with Gasteiger partial charge in [-0.05, 0) is 80.7 Å². The topological polar surface area (TPSA) is 12.0 Å². The molecule has 1 nitrogen and oxygen atoms in total. The van der Waals surface area contributed by atoms with E-state index in [1.54, 1.807) is 12.1 Å². The van der Waals surface area contributed by atoms with Gasteiger partial charge in [-0.15, -0.1) is 0 Å². The normalized spacial score (nSPS) is 26.7. The maximum Gasteiger partial charge on any atom is 0.123 e. The first-order valence-electron chi connectivity index (χ1n) is 8.08. The van der Waals surface area contributed by atoms with Gasteiger partial charge in [-0.2, -0.15) is 0 Å². The number of benzene rings is 1. The molecule has 3 atom stereocenters. The van der Waals surface area contributed by atoms with Crippen molar-refractivity contribution in [2.45, 2.75) is 58.9 Å². The molecule has 0 amide bonds. The number of hydrogen-bond donors (Lipinski definition) is 1. The Labute approximate surface area is 123 Å². The van der Waals surface area contributed by atoms with E-state index in [1.165, 1.54) is 36.8 Å². The first-order chi connectivity index (χ1) is 9.60. The zero-order chi connectivity index (χ0) is 14.5. The third-order valence-corrected chi connectivity index (χ3v) is 4.69. The van der Waals surface area contributed by atoms with Crippen molar-refractivity contribution in [3.05, 3.63) is 35.1 Å². The van der Waals surface area contributed by atoms with Crippen molar-refractivity contribution in [1.82, 2.24) is 5.32 Å². The maximum atomic E-state index is 13.5. The van der Waals surface area contributed by atoms with Gasteiger partial charge in [0.15, 0.2) is 0 Å². The van der Waals surface area contributed by atoms with E-state index in [4.69, 9.17) is 0 Å². The van der Waals surface area contributed by atoms with Crippen LogP contribution in [-0.4, -0.2) is 12.6 Å². The van der Waals surface area contributed by atoms with Crippen LogP contribution in [0.3, 0.4) is 0 Å². The summed E-state index contributed by atoms with van der Waals surface area (Å²) in [5, 5.41) is 3.70. The summed E-state index contributed by atoms with van der Waals surface area (Å²) in [5.41, 5.74) is 2.41. The first-order valence-corrected chi connectivity index (χ1v) is 8.08. The fourth-order valence-corrected chi connectivity index (χ4v) is 3.47. The highest BCUT2D eigenvalue weighted by Gasteiger charge is 2.28. The molecule has 0 aliphatic heterocycles. The summed E-state index contributed by atoms with van der Waals surface area (Å²) in [6.07, 6.45) is 6.03. The van der Waals surface area contributed by atoms with E-state index in [1.807, 2.05) is 6.07 Å². The Kier molecular flexibility index (Phi) is 5.59. The van der Waals surface area contributed by atoms with E-state index in [9.17, 15) is 4.39 Å². The van der Waals surface area contributed by atoms with Gasteiger partial charge in [0.1, 0.15) is 5.82 Å². The minimum absolute atomic E-state index is 0.104. The van der Waals surface area contributed by atoms with E-state index < -0.39 is 0 Å². The molecule has 0 saturated heterocycles. The average molecular weight is 277 g/mol. The van der Waals surface area contributed by atoms with Gasteiger partial charge in [0, 0.05) is 6.04 Å². The summed E-state index contributed by atoms with van der Waals surface area (Å²) >= 11 is 0. The SMILES string of the molecule is CCCNC1CCC(C)CC1Cc1cc(F)ccc1C. The molecule has 0 heterocycles. The van der Waals surface area contributed by atoms with Crippen molar-refractivity contribution < 1.29 is 4.39 Å². The lowest BCUT2D eigenvalue weighted by molar-refractivity contribution is 0.212. The Morgan fingerprint density at radius 2 is 2.10 bits per heavy atom. The van der Waals surface area contributed by atoms with Gasteiger partial charge in [-0.1, -0.05) is 19.9 Å². The molecule has 2 rings (SSSR count). The predicted octanol–water partition coefficient (Wildman–Crippen LogP) is 4.48. The smallest absolute Gasteiger partial charge is 0.123 e. The molecule has 1 fully saturated rings. The standard InChI is InChI=1S/C18H28FN/c1-4-9-20-18-8-5-13(2)10-16(18)11-15-12-17(19)7-6-14(15)3/h6-7,12-13,16,18,20H,4-5,8-11H2,1-3H3. The van der Waals surface area contributed by atoms with Crippen LogP contribution in [0.2, 0.25) is 0 Å². The largest absolute Gasteiger partial charge is 0.314 e. The van der Waals surface area contributed by atoms with Crippen molar-refractivity contribution in [3.63, 3.8) is 0 Å². The van der Waals surface area contributed by atoms with Crippen molar-refractivity contribution in [3.8, 4) is 0 Å². The Bertz CT molecular complexity index is 427. The van der Waals surface area contributed by atoms with E-state index in [0.717, 1.165) is 18.9 Å². The van der Waals surface area contributed by atoms with Crippen molar-refractivity contribution in [1.29, 1.82) is 0 Å². The van der Waals surface area contributed by atoms with Gasteiger partial charge in [0.05, 0.1) is 0 Å². The highest BCUT2D eigenvalue weighted by Crippen LogP contribution is 2.32. The summed E-state index contributed by atoms with van der Waals surface area (Å²) in [4.78, 5) is 0. The van der Waals surface area contributed by atoms with E-state index in [0.29, 0.717) is 12.0 Å². The molecule has 1 saturated carbocycles. The molecular weight excluding hydrogens is 249 g/mol. The third kappa shape index (κ3) is 4.05. The van der Waals surface area contributed by atoms with Crippen LogP contribution in [0.4, 0.5) is 4.39 Å².